The predicted octanol–water partition coefficient (Wildman–Crippen LogP) is 4.85. The molecule has 1 nitrogen and oxygen atoms in total. The second kappa shape index (κ2) is 3.72. The van der Waals surface area contributed by atoms with E-state index < -0.39 is 72.2 Å². The molecule has 0 atom stereocenters. The molecule has 0 aliphatic rings. The van der Waals surface area contributed by atoms with Crippen molar-refractivity contribution in [3.05, 3.63) is 66.5 Å². The molecule has 0 radical (unpaired) electrons. The van der Waals surface area contributed by atoms with Crippen LogP contribution in [0.5, 0.6) is 5.75 Å². The SMILES string of the molecule is [2H]c1c([2H])c([2H])c2c(c1[2H])c([2H])c([2H])c1c3c([2H])c(O)c([2H])c([2H])c3c([2H])c([2H])c21. The molecule has 0 aliphatic heterocycles. The van der Waals surface area contributed by atoms with Gasteiger partial charge in [-0.3, -0.25) is 0 Å². The first-order valence-corrected chi connectivity index (χ1v) is 5.47. The van der Waals surface area contributed by atoms with E-state index in [1.54, 1.807) is 0 Å². The Labute approximate surface area is 126 Å². The maximum absolute atomic E-state index is 10.1. The van der Waals surface area contributed by atoms with E-state index in [-0.39, 0.29) is 32.3 Å². The standard InChI is InChI=1S/C18H12O/c19-14-8-5-13-7-9-16-15-4-2-1-3-12(15)6-10-17(16)18(13)11-14/h1-11,19H/i1D,2D,3D,4D,5D,6D,7D,8D,9D,10D,11D. The summed E-state index contributed by atoms with van der Waals surface area (Å²) in [6.07, 6.45) is 0. The Kier molecular flexibility index (Phi) is 0.831. The molecule has 0 aliphatic carbocycles. The van der Waals surface area contributed by atoms with Gasteiger partial charge < -0.3 is 5.11 Å². The highest BCUT2D eigenvalue weighted by Crippen LogP contribution is 2.32. The first kappa shape index (κ1) is 4.24. The van der Waals surface area contributed by atoms with Gasteiger partial charge in [0.15, 0.2) is 0 Å². The molecule has 4 aromatic carbocycles. The van der Waals surface area contributed by atoms with Gasteiger partial charge in [-0.15, -0.1) is 0 Å². The Balaban J connectivity index is 2.56. The van der Waals surface area contributed by atoms with Gasteiger partial charge in [0, 0.05) is 0 Å². The molecule has 0 unspecified atom stereocenters. The van der Waals surface area contributed by atoms with Gasteiger partial charge >= 0.3 is 0 Å². The zero-order valence-electron chi connectivity index (χ0n) is 20.4. The van der Waals surface area contributed by atoms with Gasteiger partial charge in [-0.05, 0) is 44.4 Å². The lowest BCUT2D eigenvalue weighted by Gasteiger charge is -2.07. The highest BCUT2D eigenvalue weighted by molar-refractivity contribution is 6.17. The number of hydrogen-bond donors (Lipinski definition) is 1. The molecular weight excluding hydrogens is 232 g/mol. The fraction of sp³-hybridized carbons (Fsp3) is 0. The molecule has 0 fully saturated rings. The first-order valence-electron chi connectivity index (χ1n) is 11.0. The van der Waals surface area contributed by atoms with E-state index in [0.717, 1.165) is 0 Å². The molecule has 4 aromatic rings. The van der Waals surface area contributed by atoms with Crippen molar-refractivity contribution in [1.29, 1.82) is 0 Å². The van der Waals surface area contributed by atoms with Crippen LogP contribution >= 0.6 is 0 Å². The number of phenolic OH excluding ortho intramolecular Hbond substituents is 1. The van der Waals surface area contributed by atoms with E-state index >= 15 is 0 Å². The molecule has 0 saturated carbocycles. The second-order valence-electron chi connectivity index (χ2n) is 3.97. The zero-order valence-corrected chi connectivity index (χ0v) is 9.45. The van der Waals surface area contributed by atoms with E-state index in [4.69, 9.17) is 15.1 Å². The summed E-state index contributed by atoms with van der Waals surface area (Å²) in [7, 11) is 0. The molecule has 0 amide bonds. The summed E-state index contributed by atoms with van der Waals surface area (Å²) in [5.41, 5.74) is 0. The average Bonchev–Trinajstić information content (AvgIpc) is 2.71. The Morgan fingerprint density at radius 1 is 0.632 bits per heavy atom. The maximum Gasteiger partial charge on any atom is 0.116 e. The third-order valence-electron chi connectivity index (χ3n) is 2.86. The Hall–Kier alpha value is -2.54. The highest BCUT2D eigenvalue weighted by Gasteiger charge is 2.04. The molecule has 0 saturated heterocycles. The predicted molar refractivity (Wildman–Crippen MR) is 80.6 cm³/mol. The maximum atomic E-state index is 10.1. The lowest BCUT2D eigenvalue weighted by atomic mass is 9.97. The van der Waals surface area contributed by atoms with Crippen molar-refractivity contribution in [2.24, 2.45) is 0 Å². The van der Waals surface area contributed by atoms with Crippen molar-refractivity contribution in [3.8, 4) is 5.75 Å². The third kappa shape index (κ3) is 1.48. The van der Waals surface area contributed by atoms with Crippen LogP contribution in [0.3, 0.4) is 0 Å². The molecular formula is C18H12O. The second-order valence-corrected chi connectivity index (χ2v) is 3.97. The zero-order chi connectivity index (χ0) is 22.4. The largest absolute Gasteiger partial charge is 0.508 e. The summed E-state index contributed by atoms with van der Waals surface area (Å²) >= 11 is 0. The Bertz CT molecular complexity index is 1350. The summed E-state index contributed by atoms with van der Waals surface area (Å²) < 4.78 is 89.9. The number of aromatic hydroxyl groups is 1. The van der Waals surface area contributed by atoms with Crippen LogP contribution in [0.2, 0.25) is 0 Å². The van der Waals surface area contributed by atoms with Crippen molar-refractivity contribution in [1.82, 2.24) is 0 Å². The third-order valence-corrected chi connectivity index (χ3v) is 2.86. The molecule has 0 spiro atoms. The summed E-state index contributed by atoms with van der Waals surface area (Å²) in [4.78, 5) is 0. The molecule has 1 N–H and O–H groups in total. The van der Waals surface area contributed by atoms with Gasteiger partial charge in [-0.2, -0.15) is 0 Å². The minimum absolute atomic E-state index is 0.236. The molecule has 4 rings (SSSR count). The summed E-state index contributed by atoms with van der Waals surface area (Å²) in [5.74, 6) is -0.855. The number of fused-ring (bicyclic) bond motifs is 5. The van der Waals surface area contributed by atoms with Crippen LogP contribution in [0.25, 0.3) is 32.3 Å². The lowest BCUT2D eigenvalue weighted by Crippen LogP contribution is -1.80. The van der Waals surface area contributed by atoms with Crippen LogP contribution in [0, 0.1) is 0 Å². The molecule has 1 heteroatoms. The summed E-state index contributed by atoms with van der Waals surface area (Å²) in [6, 6.07) is -6.58. The van der Waals surface area contributed by atoms with Gasteiger partial charge in [0.1, 0.15) is 5.75 Å². The van der Waals surface area contributed by atoms with Crippen molar-refractivity contribution in [2.45, 2.75) is 0 Å². The van der Waals surface area contributed by atoms with Crippen LogP contribution in [-0.4, -0.2) is 5.11 Å². The molecule has 0 bridgehead atoms. The monoisotopic (exact) mass is 255 g/mol. The number of phenols is 1. The molecule has 19 heavy (non-hydrogen) atoms. The lowest BCUT2D eigenvalue weighted by molar-refractivity contribution is 0.476. The first-order chi connectivity index (χ1) is 13.9. The van der Waals surface area contributed by atoms with Crippen LogP contribution in [0.1, 0.15) is 15.1 Å². The van der Waals surface area contributed by atoms with E-state index in [0.29, 0.717) is 0 Å². The van der Waals surface area contributed by atoms with Gasteiger partial charge in [0.05, 0.1) is 15.1 Å². The average molecular weight is 255 g/mol. The van der Waals surface area contributed by atoms with Gasteiger partial charge in [0.25, 0.3) is 0 Å². The van der Waals surface area contributed by atoms with Gasteiger partial charge in [-0.25, -0.2) is 0 Å². The van der Waals surface area contributed by atoms with Gasteiger partial charge in [-0.1, -0.05) is 54.4 Å². The minimum Gasteiger partial charge on any atom is -0.508 e. The van der Waals surface area contributed by atoms with E-state index in [1.165, 1.54) is 0 Å². The highest BCUT2D eigenvalue weighted by atomic mass is 16.3. The van der Waals surface area contributed by atoms with Crippen molar-refractivity contribution in [2.75, 3.05) is 0 Å². The van der Waals surface area contributed by atoms with Crippen molar-refractivity contribution >= 4 is 32.3 Å². The van der Waals surface area contributed by atoms with Crippen LogP contribution in [-0.2, 0) is 0 Å². The topological polar surface area (TPSA) is 20.2 Å². The fourth-order valence-electron chi connectivity index (χ4n) is 2.02. The normalized spacial score (nSPS) is 19.5. The van der Waals surface area contributed by atoms with Crippen molar-refractivity contribution < 1.29 is 20.2 Å². The van der Waals surface area contributed by atoms with Crippen LogP contribution < -0.4 is 0 Å². The van der Waals surface area contributed by atoms with Crippen LogP contribution in [0.15, 0.2) is 66.5 Å². The van der Waals surface area contributed by atoms with Crippen molar-refractivity contribution in [3.63, 3.8) is 0 Å². The number of rotatable bonds is 0. The molecule has 90 valence electrons. The smallest absolute Gasteiger partial charge is 0.116 e. The Morgan fingerprint density at radius 3 is 2.11 bits per heavy atom. The molecule has 0 aromatic heterocycles. The number of benzene rings is 4. The summed E-state index contributed by atoms with van der Waals surface area (Å²) in [6.45, 7) is 0. The number of hydrogen-bond acceptors (Lipinski definition) is 1. The fourth-order valence-corrected chi connectivity index (χ4v) is 2.02. The van der Waals surface area contributed by atoms with Gasteiger partial charge in [0.2, 0.25) is 0 Å². The minimum atomic E-state index is -0.855. The Morgan fingerprint density at radius 2 is 1.26 bits per heavy atom. The van der Waals surface area contributed by atoms with Crippen LogP contribution in [0.4, 0.5) is 0 Å². The van der Waals surface area contributed by atoms with E-state index in [1.807, 2.05) is 0 Å². The molecule has 0 heterocycles. The van der Waals surface area contributed by atoms with E-state index in [9.17, 15) is 5.11 Å². The summed E-state index contributed by atoms with van der Waals surface area (Å²) in [5, 5.41) is 8.52. The quantitative estimate of drug-likeness (QED) is 0.445. The van der Waals surface area contributed by atoms with E-state index in [2.05, 4.69) is 0 Å².